The van der Waals surface area contributed by atoms with E-state index < -0.39 is 23.7 Å². The fourth-order valence-electron chi connectivity index (χ4n) is 2.53. The van der Waals surface area contributed by atoms with E-state index in [1.165, 1.54) is 12.0 Å². The van der Waals surface area contributed by atoms with Crippen LogP contribution in [0.25, 0.3) is 0 Å². The molecule has 1 fully saturated rings. The zero-order chi connectivity index (χ0) is 18.8. The molecule has 1 aliphatic heterocycles. The standard InChI is InChI=1S/C16H21BrClN3O4/c1-16(2,3)25-15(23)21-8-10(19-7-11(21)14(22)24-4)9-5-12(17)20-13(18)6-9/h5-6,10-11,19H,7-8H2,1-4H3/t10-,11+/m0/s1. The zero-order valence-corrected chi connectivity index (χ0v) is 16.8. The van der Waals surface area contributed by atoms with E-state index in [-0.39, 0.29) is 19.1 Å². The number of hydrogen-bond acceptors (Lipinski definition) is 6. The molecule has 1 aromatic rings. The second-order valence-electron chi connectivity index (χ2n) is 6.68. The van der Waals surface area contributed by atoms with Crippen LogP contribution >= 0.6 is 27.5 Å². The number of rotatable bonds is 2. The number of amides is 1. The Morgan fingerprint density at radius 2 is 2.08 bits per heavy atom. The number of carbonyl (C=O) groups excluding carboxylic acids is 2. The van der Waals surface area contributed by atoms with Gasteiger partial charge in [-0.3, -0.25) is 4.90 Å². The maximum absolute atomic E-state index is 12.6. The van der Waals surface area contributed by atoms with E-state index in [1.807, 2.05) is 6.07 Å². The summed E-state index contributed by atoms with van der Waals surface area (Å²) >= 11 is 9.32. The van der Waals surface area contributed by atoms with Crippen molar-refractivity contribution in [1.29, 1.82) is 0 Å². The fourth-order valence-corrected chi connectivity index (χ4v) is 3.30. The molecule has 0 aliphatic carbocycles. The maximum Gasteiger partial charge on any atom is 0.411 e. The summed E-state index contributed by atoms with van der Waals surface area (Å²) in [5.41, 5.74) is 0.185. The lowest BCUT2D eigenvalue weighted by Crippen LogP contribution is -2.59. The fraction of sp³-hybridized carbons (Fsp3) is 0.562. The minimum absolute atomic E-state index is 0.217. The van der Waals surface area contributed by atoms with Crippen LogP contribution < -0.4 is 5.32 Å². The molecule has 2 heterocycles. The van der Waals surface area contributed by atoms with Crippen LogP contribution in [0.3, 0.4) is 0 Å². The average Bonchev–Trinajstić information content (AvgIpc) is 2.51. The van der Waals surface area contributed by atoms with Crippen LogP contribution in [0.4, 0.5) is 4.79 Å². The third-order valence-electron chi connectivity index (χ3n) is 3.60. The molecule has 1 N–H and O–H groups in total. The first-order valence-corrected chi connectivity index (χ1v) is 8.91. The lowest BCUT2D eigenvalue weighted by atomic mass is 10.0. The van der Waals surface area contributed by atoms with Gasteiger partial charge in [0.1, 0.15) is 21.4 Å². The normalized spacial score (nSPS) is 21.0. The largest absolute Gasteiger partial charge is 0.467 e. The van der Waals surface area contributed by atoms with E-state index in [2.05, 4.69) is 26.2 Å². The van der Waals surface area contributed by atoms with Crippen molar-refractivity contribution >= 4 is 39.6 Å². The first kappa shape index (κ1) is 19.9. The van der Waals surface area contributed by atoms with Gasteiger partial charge in [0.2, 0.25) is 0 Å². The predicted octanol–water partition coefficient (Wildman–Crippen LogP) is 2.92. The highest BCUT2D eigenvalue weighted by Gasteiger charge is 2.39. The van der Waals surface area contributed by atoms with Crippen molar-refractivity contribution in [3.05, 3.63) is 27.5 Å². The Kier molecular flexibility index (Phi) is 6.29. The summed E-state index contributed by atoms with van der Waals surface area (Å²) in [5.74, 6) is -0.495. The number of halogens is 2. The van der Waals surface area contributed by atoms with Crippen LogP contribution in [-0.2, 0) is 14.3 Å². The number of hydrogen-bond donors (Lipinski definition) is 1. The Morgan fingerprint density at radius 3 is 2.64 bits per heavy atom. The van der Waals surface area contributed by atoms with Gasteiger partial charge in [-0.25, -0.2) is 14.6 Å². The van der Waals surface area contributed by atoms with Crippen molar-refractivity contribution in [2.24, 2.45) is 0 Å². The SMILES string of the molecule is COC(=O)[C@H]1CN[C@H](c2cc(Cl)nc(Br)c2)CN1C(=O)OC(C)(C)C. The molecule has 7 nitrogen and oxygen atoms in total. The average molecular weight is 435 g/mol. The van der Waals surface area contributed by atoms with Crippen LogP contribution in [0.5, 0.6) is 0 Å². The molecule has 0 aromatic carbocycles. The van der Waals surface area contributed by atoms with Gasteiger partial charge in [0.15, 0.2) is 0 Å². The molecule has 0 saturated carbocycles. The van der Waals surface area contributed by atoms with Crippen LogP contribution in [0.15, 0.2) is 16.7 Å². The maximum atomic E-state index is 12.6. The Morgan fingerprint density at radius 1 is 1.40 bits per heavy atom. The minimum atomic E-state index is -0.753. The molecule has 1 amide bonds. The second kappa shape index (κ2) is 7.88. The van der Waals surface area contributed by atoms with Crippen molar-refractivity contribution in [1.82, 2.24) is 15.2 Å². The van der Waals surface area contributed by atoms with Crippen LogP contribution in [-0.4, -0.2) is 53.8 Å². The van der Waals surface area contributed by atoms with Gasteiger partial charge in [0, 0.05) is 13.1 Å². The number of nitrogens with one attached hydrogen (secondary N) is 1. The summed E-state index contributed by atoms with van der Waals surface area (Å²) < 4.78 is 10.8. The highest BCUT2D eigenvalue weighted by molar-refractivity contribution is 9.10. The summed E-state index contributed by atoms with van der Waals surface area (Å²) in [6.45, 7) is 5.81. The first-order chi connectivity index (χ1) is 11.6. The molecule has 0 unspecified atom stereocenters. The van der Waals surface area contributed by atoms with E-state index >= 15 is 0 Å². The second-order valence-corrected chi connectivity index (χ2v) is 7.88. The molecule has 1 aromatic heterocycles. The van der Waals surface area contributed by atoms with E-state index in [0.29, 0.717) is 9.76 Å². The number of esters is 1. The van der Waals surface area contributed by atoms with Gasteiger partial charge in [-0.15, -0.1) is 0 Å². The van der Waals surface area contributed by atoms with Crippen LogP contribution in [0.1, 0.15) is 32.4 Å². The number of methoxy groups -OCH3 is 1. The van der Waals surface area contributed by atoms with Crippen LogP contribution in [0.2, 0.25) is 5.15 Å². The summed E-state index contributed by atoms with van der Waals surface area (Å²) in [4.78, 5) is 30.1. The summed E-state index contributed by atoms with van der Waals surface area (Å²) in [5, 5.41) is 3.58. The van der Waals surface area contributed by atoms with Crippen molar-refractivity contribution in [3.8, 4) is 0 Å². The first-order valence-electron chi connectivity index (χ1n) is 7.74. The van der Waals surface area contributed by atoms with Crippen molar-refractivity contribution < 1.29 is 19.1 Å². The van der Waals surface area contributed by atoms with E-state index in [0.717, 1.165) is 5.56 Å². The van der Waals surface area contributed by atoms with Crippen molar-refractivity contribution in [2.45, 2.75) is 38.5 Å². The van der Waals surface area contributed by atoms with E-state index in [4.69, 9.17) is 21.1 Å². The van der Waals surface area contributed by atoms with Gasteiger partial charge in [0.25, 0.3) is 0 Å². The van der Waals surface area contributed by atoms with Gasteiger partial charge in [-0.2, -0.15) is 0 Å². The Labute approximate surface area is 160 Å². The number of aromatic nitrogens is 1. The molecule has 138 valence electrons. The lowest BCUT2D eigenvalue weighted by Gasteiger charge is -2.39. The topological polar surface area (TPSA) is 80.8 Å². The molecule has 1 aliphatic rings. The van der Waals surface area contributed by atoms with Gasteiger partial charge in [-0.1, -0.05) is 11.6 Å². The molecule has 0 bridgehead atoms. The van der Waals surface area contributed by atoms with Gasteiger partial charge >= 0.3 is 12.1 Å². The quantitative estimate of drug-likeness (QED) is 0.569. The smallest absolute Gasteiger partial charge is 0.411 e. The summed E-state index contributed by atoms with van der Waals surface area (Å²) in [7, 11) is 1.29. The number of ether oxygens (including phenoxy) is 2. The minimum Gasteiger partial charge on any atom is -0.467 e. The number of nitrogens with zero attached hydrogens (tertiary/aromatic N) is 2. The Hall–Kier alpha value is -1.38. The van der Waals surface area contributed by atoms with E-state index in [1.54, 1.807) is 26.8 Å². The van der Waals surface area contributed by atoms with Gasteiger partial charge < -0.3 is 14.8 Å². The molecule has 9 heteroatoms. The van der Waals surface area contributed by atoms with Crippen LogP contribution in [0, 0.1) is 0 Å². The monoisotopic (exact) mass is 433 g/mol. The van der Waals surface area contributed by atoms with Crippen molar-refractivity contribution in [2.75, 3.05) is 20.2 Å². The molecule has 1 saturated heterocycles. The molecule has 0 spiro atoms. The molecular formula is C16H21BrClN3O4. The number of carbonyl (C=O) groups is 2. The molecular weight excluding hydrogens is 414 g/mol. The molecule has 2 rings (SSSR count). The Balaban J connectivity index is 2.26. The van der Waals surface area contributed by atoms with E-state index in [9.17, 15) is 9.59 Å². The zero-order valence-electron chi connectivity index (χ0n) is 14.5. The highest BCUT2D eigenvalue weighted by Crippen LogP contribution is 2.26. The molecule has 2 atom stereocenters. The molecule has 25 heavy (non-hydrogen) atoms. The third-order valence-corrected chi connectivity index (χ3v) is 4.20. The third kappa shape index (κ3) is 5.29. The highest BCUT2D eigenvalue weighted by atomic mass is 79.9. The van der Waals surface area contributed by atoms with Crippen molar-refractivity contribution in [3.63, 3.8) is 0 Å². The lowest BCUT2D eigenvalue weighted by molar-refractivity contribution is -0.147. The Bertz CT molecular complexity index is 645. The summed E-state index contributed by atoms with van der Waals surface area (Å²) in [6.07, 6.45) is -0.561. The van der Waals surface area contributed by atoms with Gasteiger partial charge in [0.05, 0.1) is 13.2 Å². The predicted molar refractivity (Wildman–Crippen MR) is 96.4 cm³/mol. The van der Waals surface area contributed by atoms with Gasteiger partial charge in [-0.05, 0) is 54.4 Å². The summed E-state index contributed by atoms with van der Waals surface area (Å²) in [6, 6.07) is 2.56. The number of piperazine rings is 1. The number of pyridine rings is 1. The molecule has 0 radical (unpaired) electrons.